The van der Waals surface area contributed by atoms with Crippen molar-refractivity contribution in [3.05, 3.63) is 18.4 Å². The van der Waals surface area contributed by atoms with Gasteiger partial charge >= 0.3 is 0 Å². The number of hydrogen-bond acceptors (Lipinski definition) is 3. The Balaban J connectivity index is 2.29. The SMILES string of the molecule is CC(C)(C)C/C(=C(\O)C1CCCCC1)n1cncn1. The monoisotopic (exact) mass is 263 g/mol. The van der Waals surface area contributed by atoms with Crippen LogP contribution in [0.15, 0.2) is 18.4 Å². The van der Waals surface area contributed by atoms with Crippen LogP contribution in [0, 0.1) is 11.3 Å². The molecular formula is C15H25N3O. The molecule has 0 unspecified atom stereocenters. The summed E-state index contributed by atoms with van der Waals surface area (Å²) in [6, 6.07) is 0. The third-order valence-electron chi connectivity index (χ3n) is 3.68. The molecular weight excluding hydrogens is 238 g/mol. The van der Waals surface area contributed by atoms with E-state index in [4.69, 9.17) is 0 Å². The van der Waals surface area contributed by atoms with E-state index < -0.39 is 0 Å². The predicted molar refractivity (Wildman–Crippen MR) is 76.5 cm³/mol. The molecule has 0 amide bonds. The van der Waals surface area contributed by atoms with Gasteiger partial charge in [0.05, 0.1) is 5.70 Å². The molecule has 2 rings (SSSR count). The van der Waals surface area contributed by atoms with Gasteiger partial charge in [-0.05, 0) is 24.7 Å². The first-order valence-corrected chi connectivity index (χ1v) is 7.24. The van der Waals surface area contributed by atoms with E-state index in [9.17, 15) is 5.11 Å². The van der Waals surface area contributed by atoms with Crippen LogP contribution >= 0.6 is 0 Å². The predicted octanol–water partition coefficient (Wildman–Crippen LogP) is 4.02. The number of aliphatic hydroxyl groups excluding tert-OH is 1. The molecule has 1 saturated carbocycles. The normalized spacial score (nSPS) is 19.3. The van der Waals surface area contributed by atoms with Crippen LogP contribution < -0.4 is 0 Å². The van der Waals surface area contributed by atoms with Crippen LogP contribution in [-0.2, 0) is 0 Å². The minimum atomic E-state index is 0.115. The summed E-state index contributed by atoms with van der Waals surface area (Å²) in [6.45, 7) is 6.54. The highest BCUT2D eigenvalue weighted by molar-refractivity contribution is 5.48. The van der Waals surface area contributed by atoms with Crippen molar-refractivity contribution in [2.45, 2.75) is 59.3 Å². The van der Waals surface area contributed by atoms with Gasteiger partial charge in [-0.1, -0.05) is 40.0 Å². The molecule has 0 atom stereocenters. The number of nitrogens with zero attached hydrogens (tertiary/aromatic N) is 3. The average Bonchev–Trinajstić information content (AvgIpc) is 2.89. The lowest BCUT2D eigenvalue weighted by molar-refractivity contribution is 0.270. The molecule has 1 fully saturated rings. The van der Waals surface area contributed by atoms with Crippen LogP contribution in [0.25, 0.3) is 5.70 Å². The topological polar surface area (TPSA) is 50.9 Å². The van der Waals surface area contributed by atoms with Gasteiger partial charge in [0, 0.05) is 5.92 Å². The van der Waals surface area contributed by atoms with Crippen LogP contribution in [0.2, 0.25) is 0 Å². The molecule has 1 aliphatic rings. The maximum absolute atomic E-state index is 10.7. The van der Waals surface area contributed by atoms with E-state index >= 15 is 0 Å². The summed E-state index contributed by atoms with van der Waals surface area (Å²) in [7, 11) is 0. The third-order valence-corrected chi connectivity index (χ3v) is 3.68. The Labute approximate surface area is 115 Å². The highest BCUT2D eigenvalue weighted by Gasteiger charge is 2.25. The van der Waals surface area contributed by atoms with Crippen molar-refractivity contribution in [3.8, 4) is 0 Å². The Morgan fingerprint density at radius 1 is 1.26 bits per heavy atom. The molecule has 1 heterocycles. The lowest BCUT2D eigenvalue weighted by Crippen LogP contribution is -2.17. The molecule has 1 N–H and O–H groups in total. The van der Waals surface area contributed by atoms with Gasteiger partial charge in [-0.3, -0.25) is 0 Å². The van der Waals surface area contributed by atoms with Crippen molar-refractivity contribution in [1.82, 2.24) is 14.8 Å². The van der Waals surface area contributed by atoms with E-state index in [0.29, 0.717) is 11.7 Å². The summed E-state index contributed by atoms with van der Waals surface area (Å²) in [5.74, 6) is 0.829. The standard InChI is InChI=1S/C15H25N3O/c1-15(2,3)9-13(18-11-16-10-17-18)14(19)12-7-5-4-6-8-12/h10-12,19H,4-9H2,1-3H3/b14-13+. The Hall–Kier alpha value is -1.32. The Morgan fingerprint density at radius 3 is 2.47 bits per heavy atom. The molecule has 0 saturated heterocycles. The Bertz CT molecular complexity index is 423. The second kappa shape index (κ2) is 5.76. The zero-order valence-electron chi connectivity index (χ0n) is 12.3. The maximum atomic E-state index is 10.7. The molecule has 0 aromatic carbocycles. The molecule has 1 aromatic heterocycles. The minimum Gasteiger partial charge on any atom is -0.510 e. The molecule has 0 aliphatic heterocycles. The summed E-state index contributed by atoms with van der Waals surface area (Å²) in [5, 5.41) is 14.9. The number of rotatable bonds is 3. The zero-order valence-corrected chi connectivity index (χ0v) is 12.3. The molecule has 4 heteroatoms. The molecule has 4 nitrogen and oxygen atoms in total. The first-order valence-electron chi connectivity index (χ1n) is 7.24. The number of hydrogen-bond donors (Lipinski definition) is 1. The van der Waals surface area contributed by atoms with Crippen molar-refractivity contribution in [3.63, 3.8) is 0 Å². The van der Waals surface area contributed by atoms with Gasteiger partial charge in [0.15, 0.2) is 0 Å². The van der Waals surface area contributed by atoms with Gasteiger partial charge in [0.25, 0.3) is 0 Å². The summed E-state index contributed by atoms with van der Waals surface area (Å²) < 4.78 is 1.73. The minimum absolute atomic E-state index is 0.115. The number of aliphatic hydroxyl groups is 1. The second-order valence-electron chi connectivity index (χ2n) is 6.74. The van der Waals surface area contributed by atoms with E-state index in [2.05, 4.69) is 30.9 Å². The Morgan fingerprint density at radius 2 is 1.95 bits per heavy atom. The van der Waals surface area contributed by atoms with Gasteiger partial charge in [-0.25, -0.2) is 9.67 Å². The van der Waals surface area contributed by atoms with Crippen LogP contribution in [0.1, 0.15) is 59.3 Å². The van der Waals surface area contributed by atoms with E-state index in [-0.39, 0.29) is 5.41 Å². The summed E-state index contributed by atoms with van der Waals surface area (Å²) >= 11 is 0. The lowest BCUT2D eigenvalue weighted by atomic mass is 9.84. The van der Waals surface area contributed by atoms with E-state index in [0.717, 1.165) is 25.0 Å². The molecule has 106 valence electrons. The van der Waals surface area contributed by atoms with E-state index in [1.807, 2.05) is 0 Å². The fraction of sp³-hybridized carbons (Fsp3) is 0.733. The van der Waals surface area contributed by atoms with Crippen molar-refractivity contribution in [2.24, 2.45) is 11.3 Å². The third kappa shape index (κ3) is 3.82. The van der Waals surface area contributed by atoms with Gasteiger partial charge in [0.1, 0.15) is 18.4 Å². The van der Waals surface area contributed by atoms with Crippen LogP contribution in [0.3, 0.4) is 0 Å². The first kappa shape index (κ1) is 14.1. The van der Waals surface area contributed by atoms with Crippen molar-refractivity contribution in [1.29, 1.82) is 0 Å². The van der Waals surface area contributed by atoms with Gasteiger partial charge in [-0.15, -0.1) is 0 Å². The molecule has 19 heavy (non-hydrogen) atoms. The average molecular weight is 263 g/mol. The molecule has 0 spiro atoms. The Kier molecular flexibility index (Phi) is 4.27. The zero-order chi connectivity index (χ0) is 13.9. The fourth-order valence-electron chi connectivity index (χ4n) is 2.75. The van der Waals surface area contributed by atoms with Crippen LogP contribution in [-0.4, -0.2) is 19.9 Å². The molecule has 1 aromatic rings. The van der Waals surface area contributed by atoms with Crippen LogP contribution in [0.4, 0.5) is 0 Å². The van der Waals surface area contributed by atoms with Crippen molar-refractivity contribution in [2.75, 3.05) is 0 Å². The number of allylic oxidation sites excluding steroid dienone is 2. The highest BCUT2D eigenvalue weighted by atomic mass is 16.3. The number of aromatic nitrogens is 3. The smallest absolute Gasteiger partial charge is 0.138 e. The fourth-order valence-corrected chi connectivity index (χ4v) is 2.75. The van der Waals surface area contributed by atoms with Crippen LogP contribution in [0.5, 0.6) is 0 Å². The lowest BCUT2D eigenvalue weighted by Gasteiger charge is -2.26. The quantitative estimate of drug-likeness (QED) is 0.838. The molecule has 0 radical (unpaired) electrons. The van der Waals surface area contributed by atoms with Crippen molar-refractivity contribution >= 4 is 5.70 Å². The second-order valence-corrected chi connectivity index (χ2v) is 6.74. The molecule has 1 aliphatic carbocycles. The van der Waals surface area contributed by atoms with Gasteiger partial charge in [0.2, 0.25) is 0 Å². The summed E-state index contributed by atoms with van der Waals surface area (Å²) in [6.07, 6.45) is 9.92. The van der Waals surface area contributed by atoms with Gasteiger partial charge in [-0.2, -0.15) is 5.10 Å². The maximum Gasteiger partial charge on any atom is 0.138 e. The first-order chi connectivity index (χ1) is 8.97. The largest absolute Gasteiger partial charge is 0.510 e. The highest BCUT2D eigenvalue weighted by Crippen LogP contribution is 2.35. The summed E-state index contributed by atoms with van der Waals surface area (Å²) in [5.41, 5.74) is 1.03. The van der Waals surface area contributed by atoms with Crippen molar-refractivity contribution < 1.29 is 5.11 Å². The van der Waals surface area contributed by atoms with E-state index in [1.165, 1.54) is 25.6 Å². The molecule has 0 bridgehead atoms. The van der Waals surface area contributed by atoms with E-state index in [1.54, 1.807) is 11.0 Å². The van der Waals surface area contributed by atoms with Gasteiger partial charge < -0.3 is 5.11 Å². The summed E-state index contributed by atoms with van der Waals surface area (Å²) in [4.78, 5) is 4.01.